The molecule has 1 N–H and O–H groups in total. The van der Waals surface area contributed by atoms with E-state index in [1.165, 1.54) is 12.8 Å². The molecule has 0 amide bonds. The average molecular weight is 194 g/mol. The van der Waals surface area contributed by atoms with Crippen LogP contribution in [0, 0.1) is 18.8 Å². The smallest absolute Gasteiger partial charge is 0.0989 e. The van der Waals surface area contributed by atoms with Crippen LogP contribution in [0.1, 0.15) is 37.1 Å². The Morgan fingerprint density at radius 3 is 2.86 bits per heavy atom. The van der Waals surface area contributed by atoms with Gasteiger partial charge >= 0.3 is 0 Å². The second-order valence-electron chi connectivity index (χ2n) is 4.35. The van der Waals surface area contributed by atoms with Crippen molar-refractivity contribution in [3.05, 3.63) is 17.5 Å². The first-order valence-electron chi connectivity index (χ1n) is 5.31. The lowest BCUT2D eigenvalue weighted by Gasteiger charge is -2.11. The van der Waals surface area contributed by atoms with Gasteiger partial charge in [0.25, 0.3) is 0 Å². The first-order chi connectivity index (χ1) is 6.65. The molecule has 1 saturated carbocycles. The van der Waals surface area contributed by atoms with E-state index in [0.717, 1.165) is 17.2 Å². The third-order valence-corrected chi connectivity index (χ3v) is 3.36. The topological polar surface area (TPSA) is 38.1 Å². The zero-order valence-electron chi connectivity index (χ0n) is 9.07. The molecule has 3 nitrogen and oxygen atoms in total. The molecular weight excluding hydrogens is 176 g/mol. The van der Waals surface area contributed by atoms with Gasteiger partial charge in [0.15, 0.2) is 0 Å². The summed E-state index contributed by atoms with van der Waals surface area (Å²) in [6, 6.07) is 0. The molecule has 2 rings (SSSR count). The summed E-state index contributed by atoms with van der Waals surface area (Å²) in [5.41, 5.74) is 2.09. The SMILES string of the molecule is CCC1CC1C(O)c1c(C)cnn1C. The highest BCUT2D eigenvalue weighted by atomic mass is 16.3. The number of hydrogen-bond donors (Lipinski definition) is 1. The van der Waals surface area contributed by atoms with Crippen LogP contribution in [-0.4, -0.2) is 14.9 Å². The zero-order chi connectivity index (χ0) is 10.3. The molecular formula is C11H18N2O. The van der Waals surface area contributed by atoms with Gasteiger partial charge in [0.05, 0.1) is 18.0 Å². The van der Waals surface area contributed by atoms with Crippen LogP contribution >= 0.6 is 0 Å². The number of aryl methyl sites for hydroxylation is 2. The maximum atomic E-state index is 10.2. The van der Waals surface area contributed by atoms with Crippen molar-refractivity contribution < 1.29 is 5.11 Å². The van der Waals surface area contributed by atoms with Gasteiger partial charge in [-0.25, -0.2) is 0 Å². The van der Waals surface area contributed by atoms with Gasteiger partial charge in [0.1, 0.15) is 0 Å². The normalized spacial score (nSPS) is 27.7. The van der Waals surface area contributed by atoms with Crippen LogP contribution in [0.5, 0.6) is 0 Å². The van der Waals surface area contributed by atoms with E-state index in [1.807, 2.05) is 20.2 Å². The lowest BCUT2D eigenvalue weighted by Crippen LogP contribution is -2.09. The Balaban J connectivity index is 2.15. The van der Waals surface area contributed by atoms with Crippen molar-refractivity contribution in [1.29, 1.82) is 0 Å². The van der Waals surface area contributed by atoms with Crippen molar-refractivity contribution in [3.8, 4) is 0 Å². The van der Waals surface area contributed by atoms with Crippen LogP contribution in [0.3, 0.4) is 0 Å². The Kier molecular flexibility index (Phi) is 2.35. The minimum atomic E-state index is -0.313. The van der Waals surface area contributed by atoms with Gasteiger partial charge in [-0.3, -0.25) is 4.68 Å². The zero-order valence-corrected chi connectivity index (χ0v) is 9.07. The molecule has 0 spiro atoms. The van der Waals surface area contributed by atoms with Gasteiger partial charge in [0, 0.05) is 7.05 Å². The van der Waals surface area contributed by atoms with Crippen molar-refractivity contribution in [1.82, 2.24) is 9.78 Å². The largest absolute Gasteiger partial charge is 0.387 e. The Hall–Kier alpha value is -0.830. The molecule has 14 heavy (non-hydrogen) atoms. The fourth-order valence-corrected chi connectivity index (χ4v) is 2.31. The van der Waals surface area contributed by atoms with E-state index in [9.17, 15) is 5.11 Å². The molecule has 1 heterocycles. The summed E-state index contributed by atoms with van der Waals surface area (Å²) < 4.78 is 1.80. The molecule has 0 saturated heterocycles. The molecule has 1 aliphatic carbocycles. The Morgan fingerprint density at radius 2 is 2.43 bits per heavy atom. The molecule has 3 heteroatoms. The second-order valence-corrected chi connectivity index (χ2v) is 4.35. The number of rotatable bonds is 3. The van der Waals surface area contributed by atoms with Gasteiger partial charge in [0.2, 0.25) is 0 Å². The van der Waals surface area contributed by atoms with Crippen molar-refractivity contribution in [3.63, 3.8) is 0 Å². The molecule has 0 bridgehead atoms. The van der Waals surface area contributed by atoms with Gasteiger partial charge < -0.3 is 5.11 Å². The standard InChI is InChI=1S/C11H18N2O/c1-4-8-5-9(8)11(14)10-7(2)6-12-13(10)3/h6,8-9,11,14H,4-5H2,1-3H3. The third kappa shape index (κ3) is 1.46. The summed E-state index contributed by atoms with van der Waals surface area (Å²) in [5, 5.41) is 14.3. The monoisotopic (exact) mass is 194 g/mol. The third-order valence-electron chi connectivity index (χ3n) is 3.36. The lowest BCUT2D eigenvalue weighted by atomic mass is 10.1. The molecule has 3 unspecified atom stereocenters. The van der Waals surface area contributed by atoms with Crippen LogP contribution in [0.25, 0.3) is 0 Å². The first kappa shape index (κ1) is 9.71. The minimum Gasteiger partial charge on any atom is -0.387 e. The maximum absolute atomic E-state index is 10.2. The van der Waals surface area contributed by atoms with E-state index in [-0.39, 0.29) is 6.10 Å². The summed E-state index contributed by atoms with van der Waals surface area (Å²) >= 11 is 0. The first-order valence-corrected chi connectivity index (χ1v) is 5.31. The van der Waals surface area contributed by atoms with E-state index in [2.05, 4.69) is 12.0 Å². The van der Waals surface area contributed by atoms with Gasteiger partial charge in [-0.05, 0) is 30.7 Å². The molecule has 1 aromatic heterocycles. The average Bonchev–Trinajstić information content (AvgIpc) is 2.87. The van der Waals surface area contributed by atoms with Gasteiger partial charge in [-0.2, -0.15) is 5.10 Å². The summed E-state index contributed by atoms with van der Waals surface area (Å²) in [7, 11) is 1.90. The lowest BCUT2D eigenvalue weighted by molar-refractivity contribution is 0.136. The Bertz CT molecular complexity index is 313. The van der Waals surface area contributed by atoms with E-state index >= 15 is 0 Å². The van der Waals surface area contributed by atoms with Crippen molar-refractivity contribution in [2.75, 3.05) is 0 Å². The highest BCUT2D eigenvalue weighted by molar-refractivity contribution is 5.20. The molecule has 78 valence electrons. The molecule has 0 radical (unpaired) electrons. The maximum Gasteiger partial charge on any atom is 0.0989 e. The number of hydrogen-bond acceptors (Lipinski definition) is 2. The van der Waals surface area contributed by atoms with E-state index in [0.29, 0.717) is 5.92 Å². The summed E-state index contributed by atoms with van der Waals surface area (Å²) in [6.45, 7) is 4.20. The number of aliphatic hydroxyl groups is 1. The summed E-state index contributed by atoms with van der Waals surface area (Å²) in [5.74, 6) is 1.19. The molecule has 0 aliphatic heterocycles. The van der Waals surface area contributed by atoms with Gasteiger partial charge in [-0.1, -0.05) is 13.3 Å². The fourth-order valence-electron chi connectivity index (χ4n) is 2.31. The molecule has 1 aliphatic rings. The molecule has 0 aromatic carbocycles. The fraction of sp³-hybridized carbons (Fsp3) is 0.727. The van der Waals surface area contributed by atoms with Crippen LogP contribution < -0.4 is 0 Å². The number of nitrogens with zero attached hydrogens (tertiary/aromatic N) is 2. The van der Waals surface area contributed by atoms with Crippen LogP contribution in [0.2, 0.25) is 0 Å². The van der Waals surface area contributed by atoms with Crippen LogP contribution in [-0.2, 0) is 7.05 Å². The van der Waals surface area contributed by atoms with Gasteiger partial charge in [-0.15, -0.1) is 0 Å². The molecule has 3 atom stereocenters. The minimum absolute atomic E-state index is 0.313. The van der Waals surface area contributed by atoms with E-state index in [4.69, 9.17) is 0 Å². The van der Waals surface area contributed by atoms with Crippen LogP contribution in [0.15, 0.2) is 6.20 Å². The number of aliphatic hydroxyl groups excluding tert-OH is 1. The highest BCUT2D eigenvalue weighted by Crippen LogP contribution is 2.49. The van der Waals surface area contributed by atoms with Crippen LogP contribution in [0.4, 0.5) is 0 Å². The predicted octanol–water partition coefficient (Wildman–Crippen LogP) is 1.81. The van der Waals surface area contributed by atoms with Crippen molar-refractivity contribution in [2.24, 2.45) is 18.9 Å². The van der Waals surface area contributed by atoms with Crippen molar-refractivity contribution in [2.45, 2.75) is 32.8 Å². The van der Waals surface area contributed by atoms with Crippen molar-refractivity contribution >= 4 is 0 Å². The Labute approximate surface area is 84.7 Å². The number of aromatic nitrogens is 2. The summed E-state index contributed by atoms with van der Waals surface area (Å²) in [4.78, 5) is 0. The van der Waals surface area contributed by atoms with E-state index in [1.54, 1.807) is 4.68 Å². The van der Waals surface area contributed by atoms with E-state index < -0.39 is 0 Å². The molecule has 1 aromatic rings. The quantitative estimate of drug-likeness (QED) is 0.797. The molecule has 1 fully saturated rings. The Morgan fingerprint density at radius 1 is 1.71 bits per heavy atom. The second kappa shape index (κ2) is 3.39. The summed E-state index contributed by atoms with van der Waals surface area (Å²) in [6.07, 6.45) is 3.86. The highest BCUT2D eigenvalue weighted by Gasteiger charge is 2.42. The predicted molar refractivity (Wildman–Crippen MR) is 54.8 cm³/mol.